The van der Waals surface area contributed by atoms with Crippen molar-refractivity contribution >= 4 is 13.5 Å². The van der Waals surface area contributed by atoms with Crippen LogP contribution in [0.4, 0.5) is 4.79 Å². The van der Waals surface area contributed by atoms with Crippen molar-refractivity contribution in [2.24, 2.45) is 0 Å². The van der Waals surface area contributed by atoms with E-state index in [1.165, 1.54) is 0 Å². The molecular weight excluding hydrogens is 232 g/mol. The average Bonchev–Trinajstić information content (AvgIpc) is 1.25. The molecule has 0 aliphatic rings. The van der Waals surface area contributed by atoms with Crippen molar-refractivity contribution in [1.82, 2.24) is 0 Å². The third kappa shape index (κ3) is 192. The largest absolute Gasteiger partial charge is 1.00 e. The van der Waals surface area contributed by atoms with Crippen LogP contribution < -0.4 is 120 Å². The van der Waals surface area contributed by atoms with Gasteiger partial charge >= 0.3 is 110 Å². The summed E-state index contributed by atoms with van der Waals surface area (Å²) in [6.07, 6.45) is -2.08. The maximum atomic E-state index is 8.44. The molecular formula is CH4BClK2O6. The predicted molar refractivity (Wildman–Crippen MR) is 20.4 cm³/mol. The van der Waals surface area contributed by atoms with Gasteiger partial charge in [0, 0.05) is 0 Å². The summed E-state index contributed by atoms with van der Waals surface area (Å²) in [6.45, 7) is 0. The second-order valence-electron chi connectivity index (χ2n) is 0.612. The molecule has 0 aromatic rings. The summed E-state index contributed by atoms with van der Waals surface area (Å²) in [5, 5.41) is 36.8. The first-order chi connectivity index (χ1) is 3.46. The summed E-state index contributed by atoms with van der Waals surface area (Å²) in [5.41, 5.74) is 0. The van der Waals surface area contributed by atoms with Crippen LogP contribution in [0.3, 0.4) is 0 Å². The first kappa shape index (κ1) is 29.2. The van der Waals surface area contributed by atoms with Crippen LogP contribution in [0, 0.1) is 0 Å². The Labute approximate surface area is 155 Å². The zero-order valence-corrected chi connectivity index (χ0v) is 13.1. The van der Waals surface area contributed by atoms with Crippen LogP contribution >= 0.6 is 0 Å². The van der Waals surface area contributed by atoms with E-state index in [1.807, 2.05) is 0 Å². The fourth-order valence-electron chi connectivity index (χ4n) is 0. The zero-order chi connectivity index (χ0) is 7.15. The number of hydrogen-bond donors (Lipinski definition) is 4. The predicted octanol–water partition coefficient (Wildman–Crippen LogP) is -12.2. The molecule has 0 amide bonds. The van der Waals surface area contributed by atoms with Crippen LogP contribution in [0.25, 0.3) is 0 Å². The van der Waals surface area contributed by atoms with Crippen LogP contribution in [0.5, 0.6) is 0 Å². The molecule has 0 saturated heterocycles. The van der Waals surface area contributed by atoms with E-state index >= 15 is 0 Å². The van der Waals surface area contributed by atoms with E-state index < -0.39 is 13.5 Å². The Balaban J connectivity index is -0.0000000171. The normalized spacial score (nSPS) is 4.64. The van der Waals surface area contributed by atoms with Gasteiger partial charge in [-0.15, -0.1) is 0 Å². The van der Waals surface area contributed by atoms with Gasteiger partial charge in [0.15, 0.2) is 0 Å². The van der Waals surface area contributed by atoms with E-state index in [0.29, 0.717) is 0 Å². The zero-order valence-electron chi connectivity index (χ0n) is 6.06. The van der Waals surface area contributed by atoms with Gasteiger partial charge in [0.25, 0.3) is 0 Å². The fourth-order valence-corrected chi connectivity index (χ4v) is 0. The summed E-state index contributed by atoms with van der Waals surface area (Å²) in [7, 11) is -2.17. The molecule has 11 heavy (non-hydrogen) atoms. The van der Waals surface area contributed by atoms with Crippen LogP contribution in [0.1, 0.15) is 0 Å². The van der Waals surface area contributed by atoms with Gasteiger partial charge in [0.2, 0.25) is 6.16 Å². The molecule has 10 heteroatoms. The van der Waals surface area contributed by atoms with Gasteiger partial charge < -0.3 is 42.5 Å². The summed E-state index contributed by atoms with van der Waals surface area (Å²) >= 11 is 0. The Morgan fingerprint density at radius 3 is 1.18 bits per heavy atom. The number of carbonyl (C=O) groups is 1. The Morgan fingerprint density at radius 2 is 1.18 bits per heavy atom. The monoisotopic (exact) mass is 236 g/mol. The van der Waals surface area contributed by atoms with Crippen molar-refractivity contribution < 1.29 is 145 Å². The summed E-state index contributed by atoms with van der Waals surface area (Å²) < 4.78 is 0. The van der Waals surface area contributed by atoms with Gasteiger partial charge in [0.1, 0.15) is 0 Å². The molecule has 0 heterocycles. The van der Waals surface area contributed by atoms with Crippen molar-refractivity contribution in [1.29, 1.82) is 0 Å². The van der Waals surface area contributed by atoms with Gasteiger partial charge in [-0.2, -0.15) is 0 Å². The number of carboxylic acid groups (broad SMARTS) is 2. The molecule has 6 nitrogen and oxygen atoms in total. The van der Waals surface area contributed by atoms with Gasteiger partial charge in [-0.1, -0.05) is 0 Å². The average molecular weight is 236 g/mol. The molecule has 0 fully saturated rings. The molecule has 0 aromatic carbocycles. The first-order valence-electron chi connectivity index (χ1n) is 1.41. The Kier molecular flexibility index (Phi) is 61.1. The fraction of sp³-hybridized carbons (Fsp3) is 0. The van der Waals surface area contributed by atoms with E-state index in [0.717, 1.165) is 0 Å². The smallest absolute Gasteiger partial charge is 1.00 e. The molecule has 56 valence electrons. The van der Waals surface area contributed by atoms with E-state index in [1.54, 1.807) is 0 Å². The quantitative estimate of drug-likeness (QED) is 0.310. The van der Waals surface area contributed by atoms with E-state index in [4.69, 9.17) is 30.1 Å². The molecule has 0 aliphatic carbocycles. The SMILES string of the molecule is O=C([O-])O.OB(O)O.[Cl-].[K+].[K+]. The molecule has 0 radical (unpaired) electrons. The first-order valence-corrected chi connectivity index (χ1v) is 1.41. The van der Waals surface area contributed by atoms with E-state index in [2.05, 4.69) is 0 Å². The van der Waals surface area contributed by atoms with Gasteiger partial charge in [-0.25, -0.2) is 0 Å². The Hall–Kier alpha value is 2.78. The van der Waals surface area contributed by atoms with E-state index in [-0.39, 0.29) is 115 Å². The number of halogens is 1. The minimum atomic E-state index is -2.17. The van der Waals surface area contributed by atoms with Crippen molar-refractivity contribution in [2.45, 2.75) is 0 Å². The molecule has 4 N–H and O–H groups in total. The van der Waals surface area contributed by atoms with Crippen LogP contribution in [0.15, 0.2) is 0 Å². The Morgan fingerprint density at radius 1 is 1.18 bits per heavy atom. The molecule has 0 bridgehead atoms. The maximum Gasteiger partial charge on any atom is 1.00 e. The third-order valence-electron chi connectivity index (χ3n) is 0. The molecule has 0 aromatic heterocycles. The summed E-state index contributed by atoms with van der Waals surface area (Å²) in [4.78, 5) is 8.44. The minimum Gasteiger partial charge on any atom is -1.00 e. The third-order valence-corrected chi connectivity index (χ3v) is 0. The minimum absolute atomic E-state index is 0. The molecule has 0 spiro atoms. The van der Waals surface area contributed by atoms with Crippen molar-refractivity contribution in [3.63, 3.8) is 0 Å². The van der Waals surface area contributed by atoms with Crippen molar-refractivity contribution in [3.8, 4) is 0 Å². The summed E-state index contributed by atoms with van der Waals surface area (Å²) in [5.74, 6) is 0. The standard InChI is InChI=1S/CH2O3.BH3O3.ClH.2K/c2*2-1(3)4;;;/h(H2,2,3,4);2-4H;1H;;/q;;;2*+1/p-2. The van der Waals surface area contributed by atoms with Crippen molar-refractivity contribution in [3.05, 3.63) is 0 Å². The molecule has 0 unspecified atom stereocenters. The number of rotatable bonds is 0. The van der Waals surface area contributed by atoms with Gasteiger partial charge in [0.05, 0.1) is 0 Å². The number of hydrogen-bond acceptors (Lipinski definition) is 5. The Bertz CT molecular complexity index is 64.8. The second-order valence-corrected chi connectivity index (χ2v) is 0.612. The summed E-state index contributed by atoms with van der Waals surface area (Å²) in [6, 6.07) is 0. The molecule has 0 saturated carbocycles. The van der Waals surface area contributed by atoms with Crippen LogP contribution in [-0.4, -0.2) is 33.7 Å². The van der Waals surface area contributed by atoms with E-state index in [9.17, 15) is 0 Å². The van der Waals surface area contributed by atoms with Gasteiger partial charge in [-0.05, 0) is 0 Å². The topological polar surface area (TPSA) is 121 Å². The maximum absolute atomic E-state index is 8.44. The molecule has 0 rings (SSSR count). The second kappa shape index (κ2) is 23.0. The molecule has 0 aliphatic heterocycles. The van der Waals surface area contributed by atoms with Crippen LogP contribution in [-0.2, 0) is 0 Å². The van der Waals surface area contributed by atoms with Gasteiger partial charge in [-0.3, -0.25) is 0 Å². The molecule has 0 atom stereocenters. The van der Waals surface area contributed by atoms with Crippen molar-refractivity contribution in [2.75, 3.05) is 0 Å². The van der Waals surface area contributed by atoms with Crippen LogP contribution in [0.2, 0.25) is 0 Å².